The maximum atomic E-state index is 13.9. The standard InChI is InChI=1S/C19H18F2N2O4S2/c1-26-14-3-4-16-17(11-14)28-19(22-16)27-13-6-8-23(9-7-13)29(24,25)18-5-2-12(20)10-15(18)21/h2-5,10-11,13H,6-9H2,1H3. The first-order chi connectivity index (χ1) is 13.9. The van der Waals surface area contributed by atoms with Gasteiger partial charge in [0.05, 0.1) is 17.3 Å². The molecule has 1 aromatic heterocycles. The third-order valence-corrected chi connectivity index (χ3v) is 7.60. The van der Waals surface area contributed by atoms with E-state index in [0.717, 1.165) is 28.1 Å². The van der Waals surface area contributed by atoms with E-state index in [4.69, 9.17) is 9.47 Å². The Balaban J connectivity index is 1.43. The van der Waals surface area contributed by atoms with Gasteiger partial charge in [-0.3, -0.25) is 0 Å². The molecule has 154 valence electrons. The Labute approximate surface area is 170 Å². The molecule has 0 atom stereocenters. The zero-order chi connectivity index (χ0) is 20.6. The van der Waals surface area contributed by atoms with Crippen molar-refractivity contribution in [1.29, 1.82) is 0 Å². The number of sulfonamides is 1. The van der Waals surface area contributed by atoms with Crippen molar-refractivity contribution in [2.45, 2.75) is 23.8 Å². The molecule has 0 radical (unpaired) electrons. The van der Waals surface area contributed by atoms with Gasteiger partial charge in [-0.2, -0.15) is 4.31 Å². The van der Waals surface area contributed by atoms with E-state index in [1.165, 1.54) is 15.6 Å². The third-order valence-electron chi connectivity index (χ3n) is 4.76. The minimum Gasteiger partial charge on any atom is -0.497 e. The summed E-state index contributed by atoms with van der Waals surface area (Å²) in [6.07, 6.45) is 0.699. The van der Waals surface area contributed by atoms with Crippen LogP contribution in [-0.2, 0) is 10.0 Å². The van der Waals surface area contributed by atoms with Crippen LogP contribution in [0.4, 0.5) is 8.78 Å². The Hall–Kier alpha value is -2.30. The number of methoxy groups -OCH3 is 1. The molecule has 0 N–H and O–H groups in total. The van der Waals surface area contributed by atoms with Gasteiger partial charge in [0, 0.05) is 19.2 Å². The second-order valence-corrected chi connectivity index (χ2v) is 9.51. The van der Waals surface area contributed by atoms with Gasteiger partial charge in [0.25, 0.3) is 5.19 Å². The van der Waals surface area contributed by atoms with Crippen molar-refractivity contribution in [2.75, 3.05) is 20.2 Å². The van der Waals surface area contributed by atoms with Crippen LogP contribution >= 0.6 is 11.3 Å². The number of nitrogens with zero attached hydrogens (tertiary/aromatic N) is 2. The fourth-order valence-electron chi connectivity index (χ4n) is 3.22. The third kappa shape index (κ3) is 4.05. The van der Waals surface area contributed by atoms with Crippen LogP contribution in [-0.4, -0.2) is 44.0 Å². The van der Waals surface area contributed by atoms with Crippen LogP contribution in [0.2, 0.25) is 0 Å². The zero-order valence-electron chi connectivity index (χ0n) is 15.5. The van der Waals surface area contributed by atoms with Crippen molar-refractivity contribution >= 4 is 31.6 Å². The van der Waals surface area contributed by atoms with Gasteiger partial charge in [-0.1, -0.05) is 11.3 Å². The Morgan fingerprint density at radius 1 is 1.14 bits per heavy atom. The lowest BCUT2D eigenvalue weighted by Crippen LogP contribution is -2.42. The molecule has 29 heavy (non-hydrogen) atoms. The summed E-state index contributed by atoms with van der Waals surface area (Å²) >= 11 is 1.40. The molecule has 0 bridgehead atoms. The first-order valence-electron chi connectivity index (χ1n) is 8.93. The van der Waals surface area contributed by atoms with Crippen molar-refractivity contribution in [3.05, 3.63) is 48.0 Å². The van der Waals surface area contributed by atoms with Crippen molar-refractivity contribution in [3.63, 3.8) is 0 Å². The zero-order valence-corrected chi connectivity index (χ0v) is 17.1. The summed E-state index contributed by atoms with van der Waals surface area (Å²) in [4.78, 5) is 3.93. The van der Waals surface area contributed by atoms with Crippen molar-refractivity contribution < 1.29 is 26.7 Å². The van der Waals surface area contributed by atoms with E-state index in [9.17, 15) is 17.2 Å². The van der Waals surface area contributed by atoms with Crippen LogP contribution in [0.25, 0.3) is 10.2 Å². The second-order valence-electron chi connectivity index (χ2n) is 6.61. The number of benzene rings is 2. The molecule has 4 rings (SSSR count). The number of hydrogen-bond acceptors (Lipinski definition) is 6. The van der Waals surface area contributed by atoms with E-state index >= 15 is 0 Å². The number of piperidine rings is 1. The SMILES string of the molecule is COc1ccc2nc(OC3CCN(S(=O)(=O)c4ccc(F)cc4F)CC3)sc2c1. The van der Waals surface area contributed by atoms with Gasteiger partial charge >= 0.3 is 0 Å². The summed E-state index contributed by atoms with van der Waals surface area (Å²) in [5, 5.41) is 0.513. The molecule has 1 saturated heterocycles. The second kappa shape index (κ2) is 7.85. The summed E-state index contributed by atoms with van der Waals surface area (Å²) in [5.74, 6) is -1.17. The average Bonchev–Trinajstić information content (AvgIpc) is 3.09. The maximum Gasteiger partial charge on any atom is 0.274 e. The van der Waals surface area contributed by atoms with Crippen LogP contribution in [0.1, 0.15) is 12.8 Å². The summed E-state index contributed by atoms with van der Waals surface area (Å²) < 4.78 is 65.6. The molecule has 1 aliphatic heterocycles. The molecule has 0 unspecified atom stereocenters. The molecule has 2 aromatic carbocycles. The molecule has 1 aliphatic rings. The van der Waals surface area contributed by atoms with Crippen molar-refractivity contribution in [2.24, 2.45) is 0 Å². The smallest absolute Gasteiger partial charge is 0.274 e. The Morgan fingerprint density at radius 2 is 1.90 bits per heavy atom. The molecule has 3 aromatic rings. The first kappa shape index (κ1) is 20.0. The number of hydrogen-bond donors (Lipinski definition) is 0. The van der Waals surface area contributed by atoms with Crippen molar-refractivity contribution in [1.82, 2.24) is 9.29 Å². The summed E-state index contributed by atoms with van der Waals surface area (Å²) in [5.41, 5.74) is 0.803. The van der Waals surface area contributed by atoms with Crippen LogP contribution in [0.5, 0.6) is 10.9 Å². The van der Waals surface area contributed by atoms with Gasteiger partial charge in [-0.05, 0) is 43.2 Å². The van der Waals surface area contributed by atoms with Gasteiger partial charge in [0.15, 0.2) is 0 Å². The highest BCUT2D eigenvalue weighted by molar-refractivity contribution is 7.89. The monoisotopic (exact) mass is 440 g/mol. The Bertz CT molecular complexity index is 1140. The molecular weight excluding hydrogens is 422 g/mol. The van der Waals surface area contributed by atoms with E-state index < -0.39 is 26.6 Å². The predicted molar refractivity (Wildman–Crippen MR) is 105 cm³/mol. The highest BCUT2D eigenvalue weighted by Gasteiger charge is 2.32. The minimum atomic E-state index is -4.02. The van der Waals surface area contributed by atoms with E-state index in [1.54, 1.807) is 7.11 Å². The number of rotatable bonds is 5. The quantitative estimate of drug-likeness (QED) is 0.604. The van der Waals surface area contributed by atoms with Gasteiger partial charge < -0.3 is 9.47 Å². The van der Waals surface area contributed by atoms with Gasteiger partial charge in [0.2, 0.25) is 10.0 Å². The van der Waals surface area contributed by atoms with Crippen LogP contribution in [0.15, 0.2) is 41.3 Å². The lowest BCUT2D eigenvalue weighted by Gasteiger charge is -2.30. The molecule has 2 heterocycles. The number of thiazole rings is 1. The molecule has 6 nitrogen and oxygen atoms in total. The largest absolute Gasteiger partial charge is 0.497 e. The molecule has 0 aliphatic carbocycles. The fourth-order valence-corrected chi connectivity index (χ4v) is 5.64. The number of fused-ring (bicyclic) bond motifs is 1. The van der Waals surface area contributed by atoms with Crippen LogP contribution in [0, 0.1) is 11.6 Å². The molecule has 1 fully saturated rings. The lowest BCUT2D eigenvalue weighted by molar-refractivity contribution is 0.135. The summed E-state index contributed by atoms with van der Waals surface area (Å²) in [7, 11) is -2.43. The highest BCUT2D eigenvalue weighted by atomic mass is 32.2. The van der Waals surface area contributed by atoms with Crippen molar-refractivity contribution in [3.8, 4) is 10.9 Å². The normalized spacial score (nSPS) is 16.2. The minimum absolute atomic E-state index is 0.183. The molecule has 10 heteroatoms. The molecule has 0 saturated carbocycles. The van der Waals surface area contributed by atoms with Gasteiger partial charge in [-0.25, -0.2) is 22.2 Å². The lowest BCUT2D eigenvalue weighted by atomic mass is 10.1. The Kier molecular flexibility index (Phi) is 5.41. The summed E-state index contributed by atoms with van der Waals surface area (Å²) in [6.45, 7) is 0.366. The first-order valence-corrected chi connectivity index (χ1v) is 11.2. The van der Waals surface area contributed by atoms with Gasteiger partial charge in [0.1, 0.15) is 28.4 Å². The average molecular weight is 440 g/mol. The predicted octanol–water partition coefficient (Wildman–Crippen LogP) is 3.82. The van der Waals surface area contributed by atoms with Gasteiger partial charge in [-0.15, -0.1) is 0 Å². The van der Waals surface area contributed by atoms with E-state index in [-0.39, 0.29) is 19.2 Å². The van der Waals surface area contributed by atoms with Crippen LogP contribution in [0.3, 0.4) is 0 Å². The number of ether oxygens (including phenoxy) is 2. The number of aromatic nitrogens is 1. The molecule has 0 spiro atoms. The van der Waals surface area contributed by atoms with E-state index in [0.29, 0.717) is 24.1 Å². The van der Waals surface area contributed by atoms with E-state index in [2.05, 4.69) is 4.98 Å². The number of halogens is 2. The van der Waals surface area contributed by atoms with Crippen LogP contribution < -0.4 is 9.47 Å². The maximum absolute atomic E-state index is 13.9. The Morgan fingerprint density at radius 3 is 2.59 bits per heavy atom. The molecule has 0 amide bonds. The topological polar surface area (TPSA) is 68.7 Å². The fraction of sp³-hybridized carbons (Fsp3) is 0.316. The highest BCUT2D eigenvalue weighted by Crippen LogP contribution is 2.32. The summed E-state index contributed by atoms with van der Waals surface area (Å²) in [6, 6.07) is 8.02. The molecular formula is C19H18F2N2O4S2. The van der Waals surface area contributed by atoms with E-state index in [1.807, 2.05) is 18.2 Å².